The zero-order chi connectivity index (χ0) is 18.9. The van der Waals surface area contributed by atoms with Crippen molar-refractivity contribution < 1.29 is 19.1 Å². The van der Waals surface area contributed by atoms with Crippen LogP contribution in [-0.4, -0.2) is 43.6 Å². The highest BCUT2D eigenvalue weighted by atomic mass is 16.5. The van der Waals surface area contributed by atoms with Crippen molar-refractivity contribution in [2.75, 3.05) is 20.8 Å². The molecule has 0 aliphatic heterocycles. The van der Waals surface area contributed by atoms with Crippen LogP contribution in [0.2, 0.25) is 0 Å². The van der Waals surface area contributed by atoms with E-state index in [4.69, 9.17) is 9.47 Å². The second-order valence-corrected chi connectivity index (χ2v) is 6.32. The van der Waals surface area contributed by atoms with Gasteiger partial charge in [0.05, 0.1) is 7.11 Å². The average Bonchev–Trinajstić information content (AvgIpc) is 2.70. The summed E-state index contributed by atoms with van der Waals surface area (Å²) in [4.78, 5) is 26.0. The maximum atomic E-state index is 12.2. The molecule has 6 nitrogen and oxygen atoms in total. The van der Waals surface area contributed by atoms with E-state index in [-0.39, 0.29) is 24.1 Å². The summed E-state index contributed by atoms with van der Waals surface area (Å²) >= 11 is 0. The van der Waals surface area contributed by atoms with E-state index in [0.717, 1.165) is 25.7 Å². The lowest BCUT2D eigenvalue weighted by atomic mass is 9.94. The summed E-state index contributed by atoms with van der Waals surface area (Å²) in [7, 11) is 3.30. The van der Waals surface area contributed by atoms with Crippen molar-refractivity contribution in [3.8, 4) is 11.8 Å². The number of nitrogens with zero attached hydrogens (tertiary/aromatic N) is 2. The molecule has 1 fully saturated rings. The fourth-order valence-corrected chi connectivity index (χ4v) is 2.98. The summed E-state index contributed by atoms with van der Waals surface area (Å²) in [6.07, 6.45) is 6.83. The molecule has 0 saturated heterocycles. The summed E-state index contributed by atoms with van der Waals surface area (Å²) < 4.78 is 10.1. The molecule has 1 amide bonds. The fraction of sp³-hybridized carbons (Fsp3) is 0.450. The Morgan fingerprint density at radius 2 is 1.88 bits per heavy atom. The van der Waals surface area contributed by atoms with Crippen LogP contribution in [-0.2, 0) is 14.3 Å². The third-order valence-electron chi connectivity index (χ3n) is 4.61. The van der Waals surface area contributed by atoms with Gasteiger partial charge in [-0.2, -0.15) is 5.26 Å². The minimum atomic E-state index is -0.797. The Kier molecular flexibility index (Phi) is 7.22. The van der Waals surface area contributed by atoms with Gasteiger partial charge in [0.15, 0.2) is 6.61 Å². The van der Waals surface area contributed by atoms with Gasteiger partial charge in [-0.15, -0.1) is 0 Å². The number of carbonyl (C=O) groups is 2. The lowest BCUT2D eigenvalue weighted by molar-refractivity contribution is -0.149. The predicted molar refractivity (Wildman–Crippen MR) is 97.2 cm³/mol. The number of rotatable bonds is 6. The van der Waals surface area contributed by atoms with E-state index in [2.05, 4.69) is 0 Å². The Bertz CT molecular complexity index is 698. The van der Waals surface area contributed by atoms with Crippen molar-refractivity contribution in [3.05, 3.63) is 35.4 Å². The molecular formula is C20H24N2O4. The van der Waals surface area contributed by atoms with Gasteiger partial charge in [-0.25, -0.2) is 4.79 Å². The van der Waals surface area contributed by atoms with Crippen molar-refractivity contribution >= 4 is 18.0 Å². The monoisotopic (exact) mass is 356 g/mol. The summed E-state index contributed by atoms with van der Waals surface area (Å²) in [5.41, 5.74) is 0.522. The van der Waals surface area contributed by atoms with E-state index >= 15 is 0 Å². The number of benzene rings is 1. The smallest absolute Gasteiger partial charge is 0.349 e. The third kappa shape index (κ3) is 5.35. The molecule has 0 radical (unpaired) electrons. The molecule has 0 aromatic heterocycles. The highest BCUT2D eigenvalue weighted by Gasteiger charge is 2.23. The van der Waals surface area contributed by atoms with Gasteiger partial charge in [-0.3, -0.25) is 4.79 Å². The number of esters is 1. The first-order valence-corrected chi connectivity index (χ1v) is 8.73. The van der Waals surface area contributed by atoms with Crippen LogP contribution in [0.4, 0.5) is 0 Å². The van der Waals surface area contributed by atoms with E-state index in [9.17, 15) is 14.9 Å². The van der Waals surface area contributed by atoms with E-state index in [1.807, 2.05) is 6.07 Å². The van der Waals surface area contributed by atoms with Gasteiger partial charge in [-0.05, 0) is 36.6 Å². The number of carbonyl (C=O) groups excluding carboxylic acids is 2. The SMILES string of the molecule is COc1ccc(/C=C(\C#N)C(=O)OCC(=O)N(C)C2CCCCC2)cc1. The first kappa shape index (κ1) is 19.5. The standard InChI is InChI=1S/C20H24N2O4/c1-22(17-6-4-3-5-7-17)19(23)14-26-20(24)16(13-21)12-15-8-10-18(25-2)11-9-15/h8-12,17H,3-7,14H2,1-2H3/b16-12+. The van der Waals surface area contributed by atoms with Crippen molar-refractivity contribution in [2.45, 2.75) is 38.1 Å². The Balaban J connectivity index is 1.92. The molecule has 1 aliphatic carbocycles. The number of methoxy groups -OCH3 is 1. The van der Waals surface area contributed by atoms with E-state index in [1.165, 1.54) is 12.5 Å². The first-order chi connectivity index (χ1) is 12.5. The van der Waals surface area contributed by atoms with Crippen LogP contribution in [0.5, 0.6) is 5.75 Å². The van der Waals surface area contributed by atoms with Crippen molar-refractivity contribution in [1.29, 1.82) is 5.26 Å². The number of hydrogen-bond acceptors (Lipinski definition) is 5. The maximum Gasteiger partial charge on any atom is 0.349 e. The molecule has 0 bridgehead atoms. The van der Waals surface area contributed by atoms with Gasteiger partial charge in [0.2, 0.25) is 0 Å². The summed E-state index contributed by atoms with van der Waals surface area (Å²) in [6, 6.07) is 8.95. The number of amides is 1. The average molecular weight is 356 g/mol. The molecule has 1 aromatic rings. The van der Waals surface area contributed by atoms with Crippen LogP contribution in [0.1, 0.15) is 37.7 Å². The first-order valence-electron chi connectivity index (χ1n) is 8.73. The van der Waals surface area contributed by atoms with E-state index in [1.54, 1.807) is 43.3 Å². The highest BCUT2D eigenvalue weighted by Crippen LogP contribution is 2.21. The predicted octanol–water partition coefficient (Wildman–Crippen LogP) is 2.94. The number of hydrogen-bond donors (Lipinski definition) is 0. The number of ether oxygens (including phenoxy) is 2. The Morgan fingerprint density at radius 1 is 1.23 bits per heavy atom. The normalized spacial score (nSPS) is 15.0. The van der Waals surface area contributed by atoms with Crippen LogP contribution in [0.25, 0.3) is 6.08 Å². The second-order valence-electron chi connectivity index (χ2n) is 6.32. The molecule has 26 heavy (non-hydrogen) atoms. The van der Waals surface area contributed by atoms with Crippen LogP contribution in [0.15, 0.2) is 29.8 Å². The number of nitriles is 1. The minimum absolute atomic E-state index is 0.150. The molecule has 0 heterocycles. The van der Waals surface area contributed by atoms with Crippen LogP contribution in [0.3, 0.4) is 0 Å². The third-order valence-corrected chi connectivity index (χ3v) is 4.61. The molecule has 138 valence electrons. The van der Waals surface area contributed by atoms with E-state index in [0.29, 0.717) is 11.3 Å². The number of likely N-dealkylation sites (N-methyl/N-ethyl adjacent to an activating group) is 1. The van der Waals surface area contributed by atoms with Crippen molar-refractivity contribution in [3.63, 3.8) is 0 Å². The van der Waals surface area contributed by atoms with Crippen molar-refractivity contribution in [2.24, 2.45) is 0 Å². The van der Waals surface area contributed by atoms with Gasteiger partial charge < -0.3 is 14.4 Å². The maximum absolute atomic E-state index is 12.2. The van der Waals surface area contributed by atoms with Crippen molar-refractivity contribution in [1.82, 2.24) is 4.90 Å². The summed E-state index contributed by atoms with van der Waals surface area (Å²) in [5.74, 6) is -0.361. The van der Waals surface area contributed by atoms with Crippen LogP contribution in [0, 0.1) is 11.3 Å². The molecule has 0 unspecified atom stereocenters. The molecule has 0 spiro atoms. The van der Waals surface area contributed by atoms with Gasteiger partial charge in [0.1, 0.15) is 17.4 Å². The van der Waals surface area contributed by atoms with Gasteiger partial charge in [0.25, 0.3) is 5.91 Å². The summed E-state index contributed by atoms with van der Waals surface area (Å²) in [5, 5.41) is 9.20. The molecule has 2 rings (SSSR count). The Labute approximate surface area is 154 Å². The topological polar surface area (TPSA) is 79.6 Å². The summed E-state index contributed by atoms with van der Waals surface area (Å²) in [6.45, 7) is -0.354. The Morgan fingerprint density at radius 3 is 2.46 bits per heavy atom. The lowest BCUT2D eigenvalue weighted by Gasteiger charge is -2.31. The quantitative estimate of drug-likeness (QED) is 0.445. The zero-order valence-corrected chi connectivity index (χ0v) is 15.2. The minimum Gasteiger partial charge on any atom is -0.497 e. The largest absolute Gasteiger partial charge is 0.497 e. The van der Waals surface area contributed by atoms with E-state index < -0.39 is 5.97 Å². The highest BCUT2D eigenvalue weighted by molar-refractivity contribution is 5.98. The molecule has 6 heteroatoms. The molecular weight excluding hydrogens is 332 g/mol. The molecule has 1 aromatic carbocycles. The van der Waals surface area contributed by atoms with Gasteiger partial charge >= 0.3 is 5.97 Å². The lowest BCUT2D eigenvalue weighted by Crippen LogP contribution is -2.40. The zero-order valence-electron chi connectivity index (χ0n) is 15.2. The molecule has 1 saturated carbocycles. The van der Waals surface area contributed by atoms with Gasteiger partial charge in [-0.1, -0.05) is 31.4 Å². The van der Waals surface area contributed by atoms with Crippen LogP contribution >= 0.6 is 0 Å². The molecule has 1 aliphatic rings. The van der Waals surface area contributed by atoms with Gasteiger partial charge in [0, 0.05) is 13.1 Å². The molecule has 0 atom stereocenters. The Hall–Kier alpha value is -2.81. The molecule has 0 N–H and O–H groups in total. The van der Waals surface area contributed by atoms with Crippen LogP contribution < -0.4 is 4.74 Å². The second kappa shape index (κ2) is 9.62. The fourth-order valence-electron chi connectivity index (χ4n) is 2.98.